The highest BCUT2D eigenvalue weighted by Gasteiger charge is 2.59. The zero-order chi connectivity index (χ0) is 50.8. The molecule has 14 rings (SSSR count). The molecule has 7 aromatic carbocycles. The van der Waals surface area contributed by atoms with Crippen LogP contribution in [0.4, 0.5) is 22.7 Å². The van der Waals surface area contributed by atoms with Gasteiger partial charge in [-0.25, -0.2) is 0 Å². The Morgan fingerprint density at radius 2 is 0.877 bits per heavy atom. The fourth-order valence-corrected chi connectivity index (χ4v) is 17.2. The highest BCUT2D eigenvalue weighted by Crippen LogP contribution is 2.65. The molecule has 0 atom stereocenters. The number of benzene rings is 7. The second kappa shape index (κ2) is 14.7. The molecule has 0 radical (unpaired) electrons. The molecule has 6 aliphatic heterocycles. The fraction of sp³-hybridized carbons (Fsp3) is 0.312. The summed E-state index contributed by atoms with van der Waals surface area (Å²) >= 11 is 5.96. The van der Waals surface area contributed by atoms with Gasteiger partial charge in [-0.3, -0.25) is 0 Å². The first-order valence-corrected chi connectivity index (χ1v) is 28.7. The molecule has 9 heteroatoms. The van der Waals surface area contributed by atoms with Gasteiger partial charge in [0.1, 0.15) is 23.0 Å². The third-order valence-electron chi connectivity index (χ3n) is 18.3. The first-order valence-electron chi connectivity index (χ1n) is 26.2. The largest absolute Gasteiger partial charge is 0.458 e. The number of hydrogen-bond acceptors (Lipinski definition) is 7. The third kappa shape index (κ3) is 6.25. The van der Waals surface area contributed by atoms with E-state index in [1.54, 1.807) is 0 Å². The van der Waals surface area contributed by atoms with Crippen LogP contribution in [0.15, 0.2) is 142 Å². The lowest BCUT2D eigenvalue weighted by Gasteiger charge is -2.43. The molecule has 364 valence electrons. The lowest BCUT2D eigenvalue weighted by Crippen LogP contribution is -2.56. The van der Waals surface area contributed by atoms with Crippen LogP contribution in [0.25, 0.3) is 30.9 Å². The minimum absolute atomic E-state index is 0.0414. The number of ether oxygens (including phenoxy) is 2. The summed E-state index contributed by atoms with van der Waals surface area (Å²) in [5.41, 5.74) is 15.0. The molecular formula is C64H62B2N2O2S3. The highest BCUT2D eigenvalue weighted by atomic mass is 32.2. The number of allylic oxidation sites excluding steroid dienone is 2. The van der Waals surface area contributed by atoms with Crippen molar-refractivity contribution in [3.8, 4) is 23.0 Å². The van der Waals surface area contributed by atoms with Crippen molar-refractivity contribution in [1.82, 2.24) is 0 Å². The maximum absolute atomic E-state index is 7.29. The van der Waals surface area contributed by atoms with Gasteiger partial charge in [-0.15, -0.1) is 34.9 Å². The quantitative estimate of drug-likeness (QED) is 0.160. The summed E-state index contributed by atoms with van der Waals surface area (Å²) < 4.78 is 17.0. The molecule has 0 saturated heterocycles. The summed E-state index contributed by atoms with van der Waals surface area (Å²) in [7, 11) is 0. The number of rotatable bonds is 2. The number of fused-ring (bicyclic) bond motifs is 10. The predicted octanol–water partition coefficient (Wildman–Crippen LogP) is 16.1. The number of thiophene rings is 1. The Balaban J connectivity index is 0.987. The molecule has 0 N–H and O–H groups in total. The van der Waals surface area contributed by atoms with Crippen LogP contribution >= 0.6 is 34.9 Å². The number of nitrogens with zero attached hydrogens (tertiary/aromatic N) is 2. The minimum Gasteiger partial charge on any atom is -0.458 e. The van der Waals surface area contributed by atoms with Crippen LogP contribution in [0.5, 0.6) is 23.0 Å². The van der Waals surface area contributed by atoms with Gasteiger partial charge >= 0.3 is 0 Å². The Morgan fingerprint density at radius 3 is 1.36 bits per heavy atom. The Morgan fingerprint density at radius 1 is 0.452 bits per heavy atom. The molecule has 0 bridgehead atoms. The summed E-state index contributed by atoms with van der Waals surface area (Å²) in [6, 6.07) is 46.3. The van der Waals surface area contributed by atoms with Crippen molar-refractivity contribution in [2.75, 3.05) is 9.80 Å². The van der Waals surface area contributed by atoms with Gasteiger partial charge < -0.3 is 19.3 Å². The number of thioether (sulfide) groups is 2. The third-order valence-corrected chi connectivity index (χ3v) is 22.7. The first kappa shape index (κ1) is 46.1. The molecule has 0 amide bonds. The molecule has 73 heavy (non-hydrogen) atoms. The minimum atomic E-state index is -0.124. The van der Waals surface area contributed by atoms with Gasteiger partial charge in [-0.1, -0.05) is 129 Å². The van der Waals surface area contributed by atoms with E-state index >= 15 is 0 Å². The van der Waals surface area contributed by atoms with E-state index in [2.05, 4.69) is 228 Å². The van der Waals surface area contributed by atoms with Crippen LogP contribution in [0.1, 0.15) is 108 Å². The van der Waals surface area contributed by atoms with E-state index in [-0.39, 0.29) is 44.6 Å². The van der Waals surface area contributed by atoms with Gasteiger partial charge in [0.2, 0.25) is 0 Å². The molecule has 0 saturated carbocycles. The molecule has 4 nitrogen and oxygen atoms in total. The van der Waals surface area contributed by atoms with Crippen molar-refractivity contribution < 1.29 is 9.47 Å². The van der Waals surface area contributed by atoms with Gasteiger partial charge in [-0.2, -0.15) is 0 Å². The highest BCUT2D eigenvalue weighted by molar-refractivity contribution is 8.05. The van der Waals surface area contributed by atoms with Gasteiger partial charge in [-0.05, 0) is 166 Å². The van der Waals surface area contributed by atoms with E-state index in [4.69, 9.17) is 9.47 Å². The molecule has 8 aromatic rings. The van der Waals surface area contributed by atoms with Crippen LogP contribution in [0.3, 0.4) is 0 Å². The van der Waals surface area contributed by atoms with Crippen LogP contribution in [-0.2, 0) is 10.8 Å². The number of para-hydroxylation sites is 2. The summed E-state index contributed by atoms with van der Waals surface area (Å²) in [6.07, 6.45) is 0. The van der Waals surface area contributed by atoms with E-state index in [9.17, 15) is 0 Å². The molecule has 0 fully saturated rings. The van der Waals surface area contributed by atoms with Crippen molar-refractivity contribution in [1.29, 1.82) is 0 Å². The van der Waals surface area contributed by atoms with Crippen molar-refractivity contribution in [3.63, 3.8) is 0 Å². The second-order valence-electron chi connectivity index (χ2n) is 25.7. The predicted molar refractivity (Wildman–Crippen MR) is 319 cm³/mol. The van der Waals surface area contributed by atoms with Crippen molar-refractivity contribution >= 4 is 124 Å². The summed E-state index contributed by atoms with van der Waals surface area (Å²) in [6.45, 7) is 33.6. The average molecular weight is 1010 g/mol. The van der Waals surface area contributed by atoms with Gasteiger partial charge in [0.05, 0.1) is 10.1 Å². The average Bonchev–Trinajstić information content (AvgIpc) is 3.83. The van der Waals surface area contributed by atoms with Crippen molar-refractivity contribution in [2.45, 2.75) is 117 Å². The Bertz CT molecular complexity index is 3820. The van der Waals surface area contributed by atoms with E-state index in [1.165, 1.54) is 108 Å². The lowest BCUT2D eigenvalue weighted by atomic mass is 9.30. The second-order valence-corrected chi connectivity index (χ2v) is 30.0. The smallest absolute Gasteiger partial charge is 0.253 e. The van der Waals surface area contributed by atoms with E-state index in [1.807, 2.05) is 34.9 Å². The molecule has 0 unspecified atom stereocenters. The number of anilines is 4. The standard InChI is InChI=1S/C64H62B2N2O2S3/c1-59(2,3)37-29-45-53-49(31-37)69-47-27-36-28-51-41(25-35(36)26-43(47)65(53)55-57(72-63(11,12)61(55,7)8)67(45)39-21-17-15-18-22-39)42-33-44-48(34-52(42)71-51)70-50-32-38(60(4,5)6)30-46-54(50)66(44)56-58(73-64(13,14)62(56,9)10)68(46)40-23-19-16-20-24-40/h15-34H,1-14H3. The first-order chi connectivity index (χ1) is 34.4. The Kier molecular flexibility index (Phi) is 9.27. The summed E-state index contributed by atoms with van der Waals surface area (Å²) in [5.74, 6) is 3.89. The van der Waals surface area contributed by atoms with Gasteiger partial charge in [0, 0.05) is 52.4 Å². The molecular weight excluding hydrogens is 947 g/mol. The van der Waals surface area contributed by atoms with Gasteiger partial charge in [0.25, 0.3) is 13.4 Å². The van der Waals surface area contributed by atoms with Crippen LogP contribution < -0.4 is 41.1 Å². The zero-order valence-electron chi connectivity index (χ0n) is 44.6. The van der Waals surface area contributed by atoms with Gasteiger partial charge in [0.15, 0.2) is 0 Å². The maximum Gasteiger partial charge on any atom is 0.253 e. The van der Waals surface area contributed by atoms with E-state index < -0.39 is 0 Å². The fourth-order valence-electron chi connectivity index (χ4n) is 12.8. The molecule has 0 spiro atoms. The zero-order valence-corrected chi connectivity index (χ0v) is 47.1. The van der Waals surface area contributed by atoms with Crippen LogP contribution in [0.2, 0.25) is 0 Å². The summed E-state index contributed by atoms with van der Waals surface area (Å²) in [5, 5.41) is 7.75. The van der Waals surface area contributed by atoms with Crippen LogP contribution in [0, 0.1) is 10.8 Å². The van der Waals surface area contributed by atoms with Crippen LogP contribution in [-0.4, -0.2) is 22.9 Å². The molecule has 1 aromatic heterocycles. The number of hydrogen-bond donors (Lipinski definition) is 0. The van der Waals surface area contributed by atoms with Crippen molar-refractivity contribution in [3.05, 3.63) is 153 Å². The van der Waals surface area contributed by atoms with Crippen molar-refractivity contribution in [2.24, 2.45) is 10.8 Å². The summed E-state index contributed by atoms with van der Waals surface area (Å²) in [4.78, 5) is 5.12. The van der Waals surface area contributed by atoms with E-state index in [0.29, 0.717) is 0 Å². The molecule has 6 aliphatic rings. The SMILES string of the molecule is CC(C)(C)c1cc2c3c(c1)N(c1ccccc1)C1=C(B3c3cc4cc5c(cc4cc3O2)sc2cc3c(cc25)B2C4=C(SC(C)(C)C4(C)C)N(c4ccccc4)c4cc(C(C)(C)C)cc(c42)O3)C(C)(C)C(C)(C)S1. The van der Waals surface area contributed by atoms with E-state index in [0.717, 1.165) is 23.0 Å². The maximum atomic E-state index is 7.29. The normalized spacial score (nSPS) is 19.4. The molecule has 7 heterocycles. The topological polar surface area (TPSA) is 24.9 Å². The Hall–Kier alpha value is -5.47. The lowest BCUT2D eigenvalue weighted by molar-refractivity contribution is 0.370. The Labute approximate surface area is 444 Å². The monoisotopic (exact) mass is 1010 g/mol. The molecule has 0 aliphatic carbocycles.